The SMILES string of the molecule is COc1ccc2c(C(=O)c3ccc(C=CCCC(=O)O)cc3)cn(CC(=O)C(C)(C)C)c2c1. The van der Waals surface area contributed by atoms with Gasteiger partial charge < -0.3 is 14.4 Å². The van der Waals surface area contributed by atoms with Crippen molar-refractivity contribution in [3.8, 4) is 5.75 Å². The zero-order valence-electron chi connectivity index (χ0n) is 19.4. The van der Waals surface area contributed by atoms with Crippen LogP contribution in [0.1, 0.15) is 55.1 Å². The van der Waals surface area contributed by atoms with Crippen molar-refractivity contribution in [2.75, 3.05) is 7.11 Å². The van der Waals surface area contributed by atoms with Gasteiger partial charge >= 0.3 is 5.97 Å². The molecule has 0 aliphatic rings. The molecule has 1 heterocycles. The Hall–Kier alpha value is -3.67. The summed E-state index contributed by atoms with van der Waals surface area (Å²) in [7, 11) is 1.58. The Morgan fingerprint density at radius 3 is 2.36 bits per heavy atom. The van der Waals surface area contributed by atoms with E-state index in [-0.39, 0.29) is 24.5 Å². The Balaban J connectivity index is 1.92. The first-order valence-corrected chi connectivity index (χ1v) is 10.8. The Kier molecular flexibility index (Phi) is 7.16. The number of Topliss-reactive ketones (excluding diaryl/α,β-unsaturated/α-hetero) is 1. The topological polar surface area (TPSA) is 85.6 Å². The second kappa shape index (κ2) is 9.86. The van der Waals surface area contributed by atoms with Gasteiger partial charge in [-0.3, -0.25) is 14.4 Å². The van der Waals surface area contributed by atoms with Crippen molar-refractivity contribution in [2.45, 2.75) is 40.2 Å². The minimum atomic E-state index is -0.832. The van der Waals surface area contributed by atoms with Crippen molar-refractivity contribution in [3.05, 3.63) is 71.4 Å². The molecule has 6 heteroatoms. The fraction of sp³-hybridized carbons (Fsp3) is 0.296. The summed E-state index contributed by atoms with van der Waals surface area (Å²) < 4.78 is 7.17. The van der Waals surface area contributed by atoms with E-state index in [9.17, 15) is 14.4 Å². The van der Waals surface area contributed by atoms with Crippen LogP contribution in [-0.4, -0.2) is 34.3 Å². The Bertz CT molecular complexity index is 1210. The van der Waals surface area contributed by atoms with Gasteiger partial charge in [0.25, 0.3) is 0 Å². The number of rotatable bonds is 9. The number of hydrogen-bond acceptors (Lipinski definition) is 4. The molecule has 0 aliphatic heterocycles. The number of methoxy groups -OCH3 is 1. The molecule has 0 amide bonds. The largest absolute Gasteiger partial charge is 0.497 e. The van der Waals surface area contributed by atoms with E-state index in [2.05, 4.69) is 0 Å². The van der Waals surface area contributed by atoms with E-state index in [0.29, 0.717) is 23.3 Å². The summed E-state index contributed by atoms with van der Waals surface area (Å²) in [4.78, 5) is 36.6. The molecule has 0 saturated heterocycles. The number of carboxylic acid groups (broad SMARTS) is 1. The molecule has 2 aromatic carbocycles. The monoisotopic (exact) mass is 447 g/mol. The van der Waals surface area contributed by atoms with Gasteiger partial charge in [-0.05, 0) is 24.1 Å². The average Bonchev–Trinajstić information content (AvgIpc) is 3.13. The van der Waals surface area contributed by atoms with E-state index in [4.69, 9.17) is 9.84 Å². The Labute approximate surface area is 193 Å². The molecule has 0 spiro atoms. The molecule has 1 aromatic heterocycles. The van der Waals surface area contributed by atoms with Crippen LogP contribution < -0.4 is 4.74 Å². The third kappa shape index (κ3) is 5.77. The molecule has 172 valence electrons. The van der Waals surface area contributed by atoms with Crippen LogP contribution in [0.4, 0.5) is 0 Å². The molecule has 0 atom stereocenters. The number of allylic oxidation sites excluding steroid dienone is 1. The molecule has 1 N–H and O–H groups in total. The summed E-state index contributed by atoms with van der Waals surface area (Å²) in [6, 6.07) is 12.7. The van der Waals surface area contributed by atoms with Crippen molar-refractivity contribution in [1.82, 2.24) is 4.57 Å². The van der Waals surface area contributed by atoms with Gasteiger partial charge in [-0.15, -0.1) is 0 Å². The standard InChI is InChI=1S/C27H29NO5/c1-27(2,3)24(29)17-28-16-22(21-14-13-20(33-4)15-23(21)28)26(32)19-11-9-18(10-12-19)7-5-6-8-25(30)31/h5,7,9-16H,6,8,17H2,1-4H3,(H,30,31). The number of carboxylic acids is 1. The maximum absolute atomic E-state index is 13.3. The van der Waals surface area contributed by atoms with Crippen LogP contribution >= 0.6 is 0 Å². The highest BCUT2D eigenvalue weighted by Crippen LogP contribution is 2.29. The number of fused-ring (bicyclic) bond motifs is 1. The van der Waals surface area contributed by atoms with Crippen LogP contribution in [0.2, 0.25) is 0 Å². The quantitative estimate of drug-likeness (QED) is 0.446. The second-order valence-electron chi connectivity index (χ2n) is 9.01. The molecule has 0 bridgehead atoms. The first-order valence-electron chi connectivity index (χ1n) is 10.8. The fourth-order valence-corrected chi connectivity index (χ4v) is 3.43. The van der Waals surface area contributed by atoms with E-state index in [0.717, 1.165) is 16.5 Å². The lowest BCUT2D eigenvalue weighted by molar-refractivity contribution is -0.136. The van der Waals surface area contributed by atoms with Gasteiger partial charge in [0, 0.05) is 40.6 Å². The van der Waals surface area contributed by atoms with Crippen molar-refractivity contribution < 1.29 is 24.2 Å². The van der Waals surface area contributed by atoms with Gasteiger partial charge in [-0.25, -0.2) is 0 Å². The van der Waals surface area contributed by atoms with Crippen LogP contribution in [0.15, 0.2) is 54.7 Å². The van der Waals surface area contributed by atoms with E-state index >= 15 is 0 Å². The van der Waals surface area contributed by atoms with Crippen LogP contribution in [0.25, 0.3) is 17.0 Å². The zero-order valence-corrected chi connectivity index (χ0v) is 19.4. The second-order valence-corrected chi connectivity index (χ2v) is 9.01. The number of ketones is 2. The molecular formula is C27H29NO5. The van der Waals surface area contributed by atoms with Crippen molar-refractivity contribution in [1.29, 1.82) is 0 Å². The lowest BCUT2D eigenvalue weighted by atomic mass is 9.91. The minimum Gasteiger partial charge on any atom is -0.497 e. The smallest absolute Gasteiger partial charge is 0.303 e. The molecule has 0 aliphatic carbocycles. The number of carbonyl (C=O) groups excluding carboxylic acids is 2. The summed E-state index contributed by atoms with van der Waals surface area (Å²) in [5, 5.41) is 9.48. The molecule has 0 unspecified atom stereocenters. The van der Waals surface area contributed by atoms with Gasteiger partial charge in [0.05, 0.1) is 19.2 Å². The van der Waals surface area contributed by atoms with Gasteiger partial charge in [-0.2, -0.15) is 0 Å². The molecule has 6 nitrogen and oxygen atoms in total. The maximum atomic E-state index is 13.3. The zero-order chi connectivity index (χ0) is 24.2. The van der Waals surface area contributed by atoms with E-state index < -0.39 is 11.4 Å². The minimum absolute atomic E-state index is 0.0697. The Morgan fingerprint density at radius 2 is 1.76 bits per heavy atom. The number of benzene rings is 2. The third-order valence-corrected chi connectivity index (χ3v) is 5.49. The van der Waals surface area contributed by atoms with Crippen molar-refractivity contribution >= 4 is 34.5 Å². The summed E-state index contributed by atoms with van der Waals surface area (Å²) in [6.07, 6.45) is 5.92. The number of aliphatic carboxylic acids is 1. The van der Waals surface area contributed by atoms with E-state index in [1.807, 2.05) is 55.7 Å². The van der Waals surface area contributed by atoms with Crippen LogP contribution in [-0.2, 0) is 16.1 Å². The number of hydrogen-bond donors (Lipinski definition) is 1. The highest BCUT2D eigenvalue weighted by Gasteiger charge is 2.24. The van der Waals surface area contributed by atoms with E-state index in [1.54, 1.807) is 37.6 Å². The first kappa shape index (κ1) is 24.0. The lowest BCUT2D eigenvalue weighted by Gasteiger charge is -2.17. The number of ether oxygens (including phenoxy) is 1. The normalized spacial score (nSPS) is 11.8. The van der Waals surface area contributed by atoms with Crippen LogP contribution in [0.3, 0.4) is 0 Å². The fourth-order valence-electron chi connectivity index (χ4n) is 3.43. The molecule has 0 radical (unpaired) electrons. The summed E-state index contributed by atoms with van der Waals surface area (Å²) in [6.45, 7) is 5.81. The summed E-state index contributed by atoms with van der Waals surface area (Å²) in [5.41, 5.74) is 2.23. The van der Waals surface area contributed by atoms with Crippen LogP contribution in [0.5, 0.6) is 5.75 Å². The molecule has 0 saturated carbocycles. The van der Waals surface area contributed by atoms with Crippen molar-refractivity contribution in [3.63, 3.8) is 0 Å². The molecule has 3 rings (SSSR count). The lowest BCUT2D eigenvalue weighted by Crippen LogP contribution is -2.24. The number of carbonyl (C=O) groups is 3. The average molecular weight is 448 g/mol. The molecule has 0 fully saturated rings. The predicted molar refractivity (Wildman–Crippen MR) is 129 cm³/mol. The van der Waals surface area contributed by atoms with Gasteiger partial charge in [0.15, 0.2) is 11.6 Å². The van der Waals surface area contributed by atoms with Gasteiger partial charge in [0.2, 0.25) is 0 Å². The first-order chi connectivity index (χ1) is 15.6. The summed E-state index contributed by atoms with van der Waals surface area (Å²) in [5.74, 6) is -0.238. The van der Waals surface area contributed by atoms with Gasteiger partial charge in [0.1, 0.15) is 5.75 Å². The number of aromatic nitrogens is 1. The predicted octanol–water partition coefficient (Wildman–Crippen LogP) is 5.37. The van der Waals surface area contributed by atoms with E-state index in [1.165, 1.54) is 0 Å². The molecule has 33 heavy (non-hydrogen) atoms. The third-order valence-electron chi connectivity index (χ3n) is 5.49. The molecular weight excluding hydrogens is 418 g/mol. The molecule has 3 aromatic rings. The number of nitrogens with zero attached hydrogens (tertiary/aromatic N) is 1. The highest BCUT2D eigenvalue weighted by atomic mass is 16.5. The maximum Gasteiger partial charge on any atom is 0.303 e. The van der Waals surface area contributed by atoms with Gasteiger partial charge in [-0.1, -0.05) is 57.2 Å². The summed E-state index contributed by atoms with van der Waals surface area (Å²) >= 11 is 0. The van der Waals surface area contributed by atoms with Crippen molar-refractivity contribution in [2.24, 2.45) is 5.41 Å². The highest BCUT2D eigenvalue weighted by molar-refractivity contribution is 6.16. The Morgan fingerprint density at radius 1 is 1.06 bits per heavy atom. The van der Waals surface area contributed by atoms with Crippen LogP contribution in [0, 0.1) is 5.41 Å².